The van der Waals surface area contributed by atoms with Gasteiger partial charge in [0.2, 0.25) is 0 Å². The van der Waals surface area contributed by atoms with E-state index in [1.165, 1.54) is 10.4 Å². The Bertz CT molecular complexity index is 1120. The number of rotatable bonds is 5. The predicted molar refractivity (Wildman–Crippen MR) is 115 cm³/mol. The van der Waals surface area contributed by atoms with Gasteiger partial charge in [-0.1, -0.05) is 22.9 Å². The molecule has 30 heavy (non-hydrogen) atoms. The molecule has 12 heteroatoms. The molecule has 1 saturated heterocycles. The summed E-state index contributed by atoms with van der Waals surface area (Å²) in [5.74, 6) is -1.10. The number of piperidine rings is 1. The molecule has 0 aliphatic carbocycles. The maximum atomic E-state index is 12.7. The van der Waals surface area contributed by atoms with E-state index in [2.05, 4.69) is 4.99 Å². The van der Waals surface area contributed by atoms with Gasteiger partial charge in [0.05, 0.1) is 10.9 Å². The van der Waals surface area contributed by atoms with E-state index in [1.54, 1.807) is 31.5 Å². The molecule has 3 heterocycles. The van der Waals surface area contributed by atoms with Crippen LogP contribution in [0.15, 0.2) is 21.3 Å². The lowest BCUT2D eigenvalue weighted by Crippen LogP contribution is -2.40. The quantitative estimate of drug-likeness (QED) is 0.599. The first-order valence-electron chi connectivity index (χ1n) is 9.32. The van der Waals surface area contributed by atoms with Crippen LogP contribution in [-0.4, -0.2) is 48.9 Å². The first-order valence-corrected chi connectivity index (χ1v) is 12.8. The van der Waals surface area contributed by atoms with Gasteiger partial charge in [0.1, 0.15) is 9.09 Å². The van der Waals surface area contributed by atoms with Crippen molar-refractivity contribution in [1.29, 1.82) is 0 Å². The smallest absolute Gasteiger partial charge is 0.350 e. The molecule has 8 nitrogen and oxygen atoms in total. The molecule has 1 amide bonds. The topological polar surface area (TPSA) is 98.0 Å². The Morgan fingerprint density at radius 2 is 1.93 bits per heavy atom. The molecule has 0 N–H and O–H groups in total. The zero-order valence-electron chi connectivity index (χ0n) is 16.8. The number of aromatic nitrogens is 1. The normalized spacial score (nSPS) is 16.7. The van der Waals surface area contributed by atoms with Crippen molar-refractivity contribution in [2.45, 2.75) is 30.9 Å². The van der Waals surface area contributed by atoms with E-state index in [0.29, 0.717) is 32.6 Å². The fourth-order valence-electron chi connectivity index (χ4n) is 3.11. The summed E-state index contributed by atoms with van der Waals surface area (Å²) in [5, 5.41) is 0. The number of carbonyl (C=O) groups is 2. The molecule has 0 bridgehead atoms. The Hall–Kier alpha value is -1.53. The number of hydrogen-bond donors (Lipinski definition) is 0. The molecule has 0 spiro atoms. The Morgan fingerprint density at radius 1 is 1.27 bits per heavy atom. The maximum Gasteiger partial charge on any atom is 0.350 e. The van der Waals surface area contributed by atoms with E-state index in [4.69, 9.17) is 16.3 Å². The van der Waals surface area contributed by atoms with Gasteiger partial charge in [0, 0.05) is 31.7 Å². The number of halogens is 1. The summed E-state index contributed by atoms with van der Waals surface area (Å²) in [5.41, 5.74) is 0.681. The highest BCUT2D eigenvalue weighted by molar-refractivity contribution is 7.91. The van der Waals surface area contributed by atoms with Gasteiger partial charge in [-0.3, -0.25) is 4.79 Å². The van der Waals surface area contributed by atoms with Crippen LogP contribution < -0.4 is 4.80 Å². The molecule has 1 aliphatic rings. The van der Waals surface area contributed by atoms with Gasteiger partial charge in [0.25, 0.3) is 15.9 Å². The van der Waals surface area contributed by atoms with E-state index in [0.717, 1.165) is 22.7 Å². The van der Waals surface area contributed by atoms with Crippen LogP contribution in [0.3, 0.4) is 0 Å². The number of sulfonamides is 1. The summed E-state index contributed by atoms with van der Waals surface area (Å²) in [6.45, 7) is 4.26. The van der Waals surface area contributed by atoms with Gasteiger partial charge < -0.3 is 9.30 Å². The molecular weight excluding hydrogens is 470 g/mol. The molecule has 0 aromatic carbocycles. The average Bonchev–Trinajstić information content (AvgIpc) is 3.27. The third-order valence-corrected chi connectivity index (χ3v) is 9.74. The summed E-state index contributed by atoms with van der Waals surface area (Å²) in [6.07, 6.45) is 0.777. The molecule has 0 unspecified atom stereocenters. The third kappa shape index (κ3) is 4.70. The van der Waals surface area contributed by atoms with Crippen molar-refractivity contribution in [2.75, 3.05) is 19.7 Å². The molecule has 0 saturated carbocycles. The first-order chi connectivity index (χ1) is 14.1. The second-order valence-electron chi connectivity index (χ2n) is 6.77. The predicted octanol–water partition coefficient (Wildman–Crippen LogP) is 2.81. The maximum absolute atomic E-state index is 12.7. The minimum atomic E-state index is -3.60. The summed E-state index contributed by atoms with van der Waals surface area (Å²) < 4.78 is 34.1. The zero-order chi connectivity index (χ0) is 22.1. The van der Waals surface area contributed by atoms with Crippen molar-refractivity contribution in [3.05, 3.63) is 31.8 Å². The molecule has 164 valence electrons. The van der Waals surface area contributed by atoms with Gasteiger partial charge in [-0.05, 0) is 38.8 Å². The minimum Gasteiger partial charge on any atom is -0.462 e. The highest BCUT2D eigenvalue weighted by Gasteiger charge is 2.33. The van der Waals surface area contributed by atoms with E-state index in [-0.39, 0.29) is 35.7 Å². The van der Waals surface area contributed by atoms with Crippen LogP contribution in [0.1, 0.15) is 35.1 Å². The molecule has 2 aromatic rings. The second-order valence-corrected chi connectivity index (χ2v) is 11.6. The molecule has 2 aromatic heterocycles. The fraction of sp³-hybridized carbons (Fsp3) is 0.500. The lowest BCUT2D eigenvalue weighted by molar-refractivity contribution is -0.122. The van der Waals surface area contributed by atoms with E-state index in [1.807, 2.05) is 0 Å². The largest absolute Gasteiger partial charge is 0.462 e. The molecule has 0 atom stereocenters. The summed E-state index contributed by atoms with van der Waals surface area (Å²) in [4.78, 5) is 29.8. The minimum absolute atomic E-state index is 0.203. The summed E-state index contributed by atoms with van der Waals surface area (Å²) >= 11 is 7.99. The SMILES string of the molecule is CCOC(=O)c1sc(=NC(=O)C2CCN(S(=O)(=O)c3ccc(Cl)s3)CC2)n(C)c1C. The van der Waals surface area contributed by atoms with Crippen LogP contribution in [0.4, 0.5) is 0 Å². The lowest BCUT2D eigenvalue weighted by Gasteiger charge is -2.29. The van der Waals surface area contributed by atoms with Crippen molar-refractivity contribution in [2.24, 2.45) is 18.0 Å². The first kappa shape index (κ1) is 23.1. The van der Waals surface area contributed by atoms with E-state index < -0.39 is 16.0 Å². The Balaban J connectivity index is 1.72. The number of ether oxygens (including phenoxy) is 1. The van der Waals surface area contributed by atoms with Gasteiger partial charge in [-0.2, -0.15) is 9.30 Å². The molecule has 0 radical (unpaired) electrons. The van der Waals surface area contributed by atoms with Crippen molar-refractivity contribution in [3.63, 3.8) is 0 Å². The summed E-state index contributed by atoms with van der Waals surface area (Å²) in [7, 11) is -1.86. The highest BCUT2D eigenvalue weighted by Crippen LogP contribution is 2.30. The number of thiazole rings is 1. The van der Waals surface area contributed by atoms with Crippen molar-refractivity contribution in [3.8, 4) is 0 Å². The summed E-state index contributed by atoms with van der Waals surface area (Å²) in [6, 6.07) is 3.05. The van der Waals surface area contributed by atoms with Crippen molar-refractivity contribution >= 4 is 56.2 Å². The number of amides is 1. The number of thiophene rings is 1. The van der Waals surface area contributed by atoms with Crippen LogP contribution >= 0.6 is 34.3 Å². The van der Waals surface area contributed by atoms with Crippen LogP contribution in [0.25, 0.3) is 0 Å². The van der Waals surface area contributed by atoms with Crippen LogP contribution in [0, 0.1) is 12.8 Å². The lowest BCUT2D eigenvalue weighted by atomic mass is 9.98. The molecule has 1 fully saturated rings. The monoisotopic (exact) mass is 491 g/mol. The van der Waals surface area contributed by atoms with E-state index >= 15 is 0 Å². The number of nitrogens with zero attached hydrogens (tertiary/aromatic N) is 3. The average molecular weight is 492 g/mol. The van der Waals surface area contributed by atoms with Crippen LogP contribution in [0.5, 0.6) is 0 Å². The fourth-order valence-corrected chi connectivity index (χ4v) is 7.23. The van der Waals surface area contributed by atoms with Gasteiger partial charge in [0.15, 0.2) is 4.80 Å². The number of hydrogen-bond acceptors (Lipinski definition) is 7. The Morgan fingerprint density at radius 3 is 2.50 bits per heavy atom. The van der Waals surface area contributed by atoms with Gasteiger partial charge >= 0.3 is 5.97 Å². The van der Waals surface area contributed by atoms with Crippen LogP contribution in [-0.2, 0) is 26.6 Å². The number of carbonyl (C=O) groups excluding carboxylic acids is 2. The second kappa shape index (κ2) is 9.31. The molecule has 3 rings (SSSR count). The molecular formula is C18H22ClN3O5S3. The van der Waals surface area contributed by atoms with Crippen molar-refractivity contribution in [1.82, 2.24) is 8.87 Å². The Labute approximate surface area is 187 Å². The van der Waals surface area contributed by atoms with Crippen molar-refractivity contribution < 1.29 is 22.7 Å². The van der Waals surface area contributed by atoms with Crippen LogP contribution in [0.2, 0.25) is 4.34 Å². The number of esters is 1. The van der Waals surface area contributed by atoms with Gasteiger partial charge in [-0.15, -0.1) is 11.3 Å². The highest BCUT2D eigenvalue weighted by atomic mass is 35.5. The standard InChI is InChI=1S/C18H22ClN3O5S3/c1-4-27-17(24)15-11(2)21(3)18(29-15)20-16(23)12-7-9-22(10-8-12)30(25,26)14-6-5-13(19)28-14/h5-6,12H,4,7-10H2,1-3H3. The van der Waals surface area contributed by atoms with Gasteiger partial charge in [-0.25, -0.2) is 13.2 Å². The third-order valence-electron chi connectivity index (χ3n) is 4.92. The zero-order valence-corrected chi connectivity index (χ0v) is 20.0. The molecule has 1 aliphatic heterocycles. The van der Waals surface area contributed by atoms with E-state index in [9.17, 15) is 18.0 Å². The Kier molecular flexibility index (Phi) is 7.18.